The van der Waals surface area contributed by atoms with Crippen LogP contribution >= 0.6 is 12.2 Å². The van der Waals surface area contributed by atoms with Gasteiger partial charge in [0.1, 0.15) is 29.1 Å². The fraction of sp³-hybridized carbons (Fsp3) is 0.120. The fourth-order valence-electron chi connectivity index (χ4n) is 4.20. The van der Waals surface area contributed by atoms with Crippen LogP contribution in [-0.4, -0.2) is 22.1 Å². The van der Waals surface area contributed by atoms with E-state index in [1.54, 1.807) is 47.5 Å². The Morgan fingerprint density at radius 2 is 1.94 bits per heavy atom. The lowest BCUT2D eigenvalue weighted by molar-refractivity contribution is -0.384. The number of halogens is 1. The molecule has 4 aromatic rings. The summed E-state index contributed by atoms with van der Waals surface area (Å²) in [6, 6.07) is 18.8. The predicted molar refractivity (Wildman–Crippen MR) is 132 cm³/mol. The molecule has 2 unspecified atom stereocenters. The number of rotatable bonds is 6. The molecule has 1 saturated heterocycles. The van der Waals surface area contributed by atoms with E-state index < -0.39 is 22.8 Å². The molecule has 1 fully saturated rings. The van der Waals surface area contributed by atoms with Gasteiger partial charge in [-0.3, -0.25) is 15.1 Å². The SMILES string of the molecule is COc1cc([N+](=O)[O-])ccc1-c1ccc(C2C(c3ccccn3)NC(=S)N2c2ccccc2F)o1. The number of nitro groups is 1. The van der Waals surface area contributed by atoms with Gasteiger partial charge >= 0.3 is 0 Å². The van der Waals surface area contributed by atoms with Crippen molar-refractivity contribution < 1.29 is 18.5 Å². The Labute approximate surface area is 205 Å². The number of benzene rings is 2. The minimum atomic E-state index is -0.549. The third-order valence-electron chi connectivity index (χ3n) is 5.79. The zero-order valence-corrected chi connectivity index (χ0v) is 19.2. The van der Waals surface area contributed by atoms with Crippen LogP contribution in [0.1, 0.15) is 23.5 Å². The van der Waals surface area contributed by atoms with Crippen molar-refractivity contribution in [3.63, 3.8) is 0 Å². The normalized spacial score (nSPS) is 17.3. The molecule has 2 aromatic carbocycles. The minimum Gasteiger partial charge on any atom is -0.496 e. The molecule has 0 bridgehead atoms. The monoisotopic (exact) mass is 490 g/mol. The van der Waals surface area contributed by atoms with Gasteiger partial charge in [-0.1, -0.05) is 18.2 Å². The van der Waals surface area contributed by atoms with Gasteiger partial charge in [0, 0.05) is 12.3 Å². The number of methoxy groups -OCH3 is 1. The number of nitrogens with one attached hydrogen (secondary N) is 1. The molecular weight excluding hydrogens is 471 g/mol. The van der Waals surface area contributed by atoms with Crippen LogP contribution in [-0.2, 0) is 0 Å². The Bertz CT molecular complexity index is 1410. The van der Waals surface area contributed by atoms with E-state index in [9.17, 15) is 14.5 Å². The molecule has 35 heavy (non-hydrogen) atoms. The molecule has 0 saturated carbocycles. The van der Waals surface area contributed by atoms with Gasteiger partial charge in [-0.15, -0.1) is 0 Å². The molecule has 3 heterocycles. The highest BCUT2D eigenvalue weighted by Crippen LogP contribution is 2.44. The van der Waals surface area contributed by atoms with Gasteiger partial charge in [-0.25, -0.2) is 4.39 Å². The molecule has 5 rings (SSSR count). The van der Waals surface area contributed by atoms with Crippen LogP contribution in [0.15, 0.2) is 83.4 Å². The second kappa shape index (κ2) is 9.15. The third kappa shape index (κ3) is 4.08. The van der Waals surface area contributed by atoms with Gasteiger partial charge in [-0.2, -0.15) is 0 Å². The number of ether oxygens (including phenoxy) is 1. The first kappa shape index (κ1) is 22.5. The van der Waals surface area contributed by atoms with Crippen molar-refractivity contribution >= 4 is 28.7 Å². The smallest absolute Gasteiger partial charge is 0.273 e. The summed E-state index contributed by atoms with van der Waals surface area (Å²) >= 11 is 5.61. The van der Waals surface area contributed by atoms with Crippen molar-refractivity contribution in [2.45, 2.75) is 12.1 Å². The summed E-state index contributed by atoms with van der Waals surface area (Å²) in [7, 11) is 1.43. The van der Waals surface area contributed by atoms with Crippen LogP contribution in [0.4, 0.5) is 15.8 Å². The second-order valence-corrected chi connectivity index (χ2v) is 8.18. The average Bonchev–Trinajstić information content (AvgIpc) is 3.49. The summed E-state index contributed by atoms with van der Waals surface area (Å²) in [5.74, 6) is 0.823. The largest absolute Gasteiger partial charge is 0.496 e. The molecule has 8 nitrogen and oxygen atoms in total. The van der Waals surface area contributed by atoms with Gasteiger partial charge in [0.25, 0.3) is 5.69 Å². The molecule has 2 atom stereocenters. The molecule has 0 amide bonds. The molecule has 1 aliphatic heterocycles. The van der Waals surface area contributed by atoms with Crippen LogP contribution < -0.4 is 15.0 Å². The van der Waals surface area contributed by atoms with E-state index >= 15 is 0 Å². The molecule has 176 valence electrons. The number of pyridine rings is 1. The van der Waals surface area contributed by atoms with E-state index in [0.29, 0.717) is 39.3 Å². The lowest BCUT2D eigenvalue weighted by atomic mass is 10.0. The van der Waals surface area contributed by atoms with Gasteiger partial charge in [0.15, 0.2) is 5.11 Å². The van der Waals surface area contributed by atoms with E-state index in [0.717, 1.165) is 0 Å². The minimum absolute atomic E-state index is 0.0938. The third-order valence-corrected chi connectivity index (χ3v) is 6.10. The first-order valence-corrected chi connectivity index (χ1v) is 11.1. The van der Waals surface area contributed by atoms with Gasteiger partial charge < -0.3 is 19.4 Å². The quantitative estimate of drug-likeness (QED) is 0.213. The summed E-state index contributed by atoms with van der Waals surface area (Å²) in [6.45, 7) is 0. The zero-order chi connectivity index (χ0) is 24.5. The maximum atomic E-state index is 14.9. The predicted octanol–water partition coefficient (Wildman–Crippen LogP) is 5.57. The Hall–Kier alpha value is -4.31. The molecular formula is C25H19FN4O4S. The van der Waals surface area contributed by atoms with E-state index in [1.807, 2.05) is 18.2 Å². The molecule has 10 heteroatoms. The first-order valence-electron chi connectivity index (χ1n) is 10.7. The number of hydrogen-bond acceptors (Lipinski definition) is 6. The maximum Gasteiger partial charge on any atom is 0.273 e. The summed E-state index contributed by atoms with van der Waals surface area (Å²) in [5.41, 5.74) is 1.47. The molecule has 0 spiro atoms. The standard InChI is InChI=1S/C25H19FN4O4S/c1-33-22-14-15(30(31)32)9-10-16(22)20-11-12-21(34-20)24-23(18-7-4-5-13-27-18)28-25(35)29(24)19-8-3-2-6-17(19)26/h2-14,23-24H,1H3,(H,28,35). The van der Waals surface area contributed by atoms with Gasteiger partial charge in [0.05, 0.1) is 41.1 Å². The summed E-state index contributed by atoms with van der Waals surface area (Å²) in [4.78, 5) is 16.8. The first-order chi connectivity index (χ1) is 17.0. The molecule has 0 aliphatic carbocycles. The summed E-state index contributed by atoms with van der Waals surface area (Å²) in [6.07, 6.45) is 1.68. The number of thiocarbonyl (C=S) groups is 1. The number of anilines is 1. The number of furan rings is 1. The highest BCUT2D eigenvalue weighted by Gasteiger charge is 2.43. The highest BCUT2D eigenvalue weighted by atomic mass is 32.1. The van der Waals surface area contributed by atoms with Crippen molar-refractivity contribution in [3.05, 3.63) is 106 Å². The van der Waals surface area contributed by atoms with E-state index in [-0.39, 0.29) is 5.69 Å². The second-order valence-electron chi connectivity index (χ2n) is 7.79. The summed E-state index contributed by atoms with van der Waals surface area (Å²) < 4.78 is 26.5. The Kier molecular flexibility index (Phi) is 5.87. The van der Waals surface area contributed by atoms with Crippen LogP contribution in [0.2, 0.25) is 0 Å². The topological polar surface area (TPSA) is 93.7 Å². The lowest BCUT2D eigenvalue weighted by Gasteiger charge is -2.26. The zero-order valence-electron chi connectivity index (χ0n) is 18.4. The number of hydrogen-bond donors (Lipinski definition) is 1. The lowest BCUT2D eigenvalue weighted by Crippen LogP contribution is -2.30. The van der Waals surface area contributed by atoms with E-state index in [1.165, 1.54) is 25.3 Å². The fourth-order valence-corrected chi connectivity index (χ4v) is 4.54. The van der Waals surface area contributed by atoms with Crippen molar-refractivity contribution in [2.24, 2.45) is 0 Å². The van der Waals surface area contributed by atoms with Gasteiger partial charge in [0.2, 0.25) is 0 Å². The number of aromatic nitrogens is 1. The molecule has 1 N–H and O–H groups in total. The Morgan fingerprint density at radius 1 is 1.14 bits per heavy atom. The Morgan fingerprint density at radius 3 is 2.66 bits per heavy atom. The average molecular weight is 491 g/mol. The van der Waals surface area contributed by atoms with Crippen molar-refractivity contribution in [1.82, 2.24) is 10.3 Å². The van der Waals surface area contributed by atoms with E-state index in [4.69, 9.17) is 21.4 Å². The van der Waals surface area contributed by atoms with Crippen molar-refractivity contribution in [3.8, 4) is 17.1 Å². The maximum absolute atomic E-state index is 14.9. The highest BCUT2D eigenvalue weighted by molar-refractivity contribution is 7.80. The summed E-state index contributed by atoms with van der Waals surface area (Å²) in [5, 5.41) is 14.7. The number of para-hydroxylation sites is 1. The van der Waals surface area contributed by atoms with Crippen LogP contribution in [0.3, 0.4) is 0 Å². The number of non-ortho nitro benzene ring substituents is 1. The Balaban J connectivity index is 1.61. The van der Waals surface area contributed by atoms with Gasteiger partial charge in [-0.05, 0) is 54.7 Å². The van der Waals surface area contributed by atoms with Crippen molar-refractivity contribution in [2.75, 3.05) is 12.0 Å². The van der Waals surface area contributed by atoms with Crippen molar-refractivity contribution in [1.29, 1.82) is 0 Å². The number of nitrogens with zero attached hydrogens (tertiary/aromatic N) is 3. The number of nitro benzene ring substituents is 1. The molecule has 2 aromatic heterocycles. The molecule has 0 radical (unpaired) electrons. The van der Waals surface area contributed by atoms with E-state index in [2.05, 4.69) is 10.3 Å². The molecule has 1 aliphatic rings. The van der Waals surface area contributed by atoms with Crippen LogP contribution in [0, 0.1) is 15.9 Å². The van der Waals surface area contributed by atoms with Crippen LogP contribution in [0.5, 0.6) is 5.75 Å². The van der Waals surface area contributed by atoms with Crippen LogP contribution in [0.25, 0.3) is 11.3 Å².